The summed E-state index contributed by atoms with van der Waals surface area (Å²) in [5, 5.41) is 4.14. The molecule has 0 fully saturated rings. The van der Waals surface area contributed by atoms with Crippen molar-refractivity contribution in [2.45, 2.75) is 32.4 Å². The molecule has 0 saturated carbocycles. The minimum Gasteiger partial charge on any atom is -0.469 e. The zero-order valence-electron chi connectivity index (χ0n) is 9.14. The molecular weight excluding hydrogens is 194 g/mol. The van der Waals surface area contributed by atoms with Crippen LogP contribution in [0, 0.1) is 0 Å². The molecule has 1 heterocycles. The third-order valence-electron chi connectivity index (χ3n) is 2.15. The molecule has 5 heteroatoms. The minimum absolute atomic E-state index is 0.189. The van der Waals surface area contributed by atoms with E-state index in [1.807, 2.05) is 10.9 Å². The van der Waals surface area contributed by atoms with Crippen molar-refractivity contribution in [3.8, 4) is 0 Å². The van der Waals surface area contributed by atoms with Crippen LogP contribution < -0.4 is 5.73 Å². The number of aromatic nitrogens is 2. The van der Waals surface area contributed by atoms with Gasteiger partial charge in [0, 0.05) is 24.3 Å². The molecule has 1 aromatic rings. The van der Waals surface area contributed by atoms with Gasteiger partial charge in [-0.1, -0.05) is 6.92 Å². The summed E-state index contributed by atoms with van der Waals surface area (Å²) in [5.41, 5.74) is 6.70. The Hall–Kier alpha value is -1.36. The third kappa shape index (κ3) is 3.36. The quantitative estimate of drug-likeness (QED) is 0.733. The SMILES string of the molecule is CCCn1cc(C(N)CC(=O)OC)cn1. The maximum Gasteiger partial charge on any atom is 0.307 e. The van der Waals surface area contributed by atoms with Gasteiger partial charge >= 0.3 is 5.97 Å². The topological polar surface area (TPSA) is 70.1 Å². The van der Waals surface area contributed by atoms with Crippen LogP contribution in [0.5, 0.6) is 0 Å². The molecule has 0 aromatic carbocycles. The largest absolute Gasteiger partial charge is 0.469 e. The predicted octanol–water partition coefficient (Wildman–Crippen LogP) is 0.856. The zero-order chi connectivity index (χ0) is 11.3. The van der Waals surface area contributed by atoms with Crippen LogP contribution in [0.25, 0.3) is 0 Å². The molecule has 1 aromatic heterocycles. The second-order valence-corrected chi connectivity index (χ2v) is 3.42. The summed E-state index contributed by atoms with van der Waals surface area (Å²) < 4.78 is 6.38. The molecule has 0 saturated heterocycles. The summed E-state index contributed by atoms with van der Waals surface area (Å²) in [7, 11) is 1.36. The van der Waals surface area contributed by atoms with Crippen LogP contribution in [-0.4, -0.2) is 22.9 Å². The number of esters is 1. The lowest BCUT2D eigenvalue weighted by Crippen LogP contribution is -2.15. The predicted molar refractivity (Wildman–Crippen MR) is 56.1 cm³/mol. The van der Waals surface area contributed by atoms with Crippen LogP contribution in [0.1, 0.15) is 31.4 Å². The van der Waals surface area contributed by atoms with E-state index in [-0.39, 0.29) is 18.4 Å². The van der Waals surface area contributed by atoms with Gasteiger partial charge in [-0.15, -0.1) is 0 Å². The van der Waals surface area contributed by atoms with Gasteiger partial charge in [0.15, 0.2) is 0 Å². The summed E-state index contributed by atoms with van der Waals surface area (Å²) in [4.78, 5) is 11.0. The number of nitrogens with two attached hydrogens (primary N) is 1. The summed E-state index contributed by atoms with van der Waals surface area (Å²) in [6.45, 7) is 2.95. The molecule has 84 valence electrons. The van der Waals surface area contributed by atoms with Gasteiger partial charge in [0.1, 0.15) is 0 Å². The van der Waals surface area contributed by atoms with Crippen molar-refractivity contribution in [3.63, 3.8) is 0 Å². The number of hydrogen-bond donors (Lipinski definition) is 1. The first-order chi connectivity index (χ1) is 7.17. The molecule has 1 unspecified atom stereocenters. The van der Waals surface area contributed by atoms with E-state index in [1.165, 1.54) is 7.11 Å². The van der Waals surface area contributed by atoms with Crippen LogP contribution in [0.2, 0.25) is 0 Å². The highest BCUT2D eigenvalue weighted by atomic mass is 16.5. The molecule has 0 aliphatic carbocycles. The number of rotatable bonds is 5. The van der Waals surface area contributed by atoms with Crippen LogP contribution in [0.4, 0.5) is 0 Å². The monoisotopic (exact) mass is 211 g/mol. The van der Waals surface area contributed by atoms with Crippen LogP contribution >= 0.6 is 0 Å². The normalized spacial score (nSPS) is 12.5. The van der Waals surface area contributed by atoms with Crippen LogP contribution in [0.15, 0.2) is 12.4 Å². The zero-order valence-corrected chi connectivity index (χ0v) is 9.14. The Morgan fingerprint density at radius 3 is 3.07 bits per heavy atom. The van der Waals surface area contributed by atoms with E-state index in [0.717, 1.165) is 18.5 Å². The molecule has 15 heavy (non-hydrogen) atoms. The van der Waals surface area contributed by atoms with Gasteiger partial charge < -0.3 is 10.5 Å². The molecule has 0 aliphatic rings. The molecule has 1 atom stereocenters. The first kappa shape index (κ1) is 11.7. The lowest BCUT2D eigenvalue weighted by molar-refractivity contribution is -0.141. The van der Waals surface area contributed by atoms with Gasteiger partial charge in [0.2, 0.25) is 0 Å². The first-order valence-corrected chi connectivity index (χ1v) is 5.02. The van der Waals surface area contributed by atoms with Gasteiger partial charge in [-0.3, -0.25) is 9.48 Å². The van der Waals surface area contributed by atoms with Gasteiger partial charge in [-0.05, 0) is 6.42 Å². The molecule has 0 amide bonds. The van der Waals surface area contributed by atoms with Crippen molar-refractivity contribution < 1.29 is 9.53 Å². The Morgan fingerprint density at radius 1 is 1.73 bits per heavy atom. The number of carbonyl (C=O) groups excluding carboxylic acids is 1. The number of hydrogen-bond acceptors (Lipinski definition) is 4. The Bertz CT molecular complexity index is 322. The number of aryl methyl sites for hydroxylation is 1. The molecule has 0 bridgehead atoms. The lowest BCUT2D eigenvalue weighted by Gasteiger charge is -2.06. The Balaban J connectivity index is 2.57. The van der Waals surface area contributed by atoms with Gasteiger partial charge in [0.05, 0.1) is 19.7 Å². The van der Waals surface area contributed by atoms with E-state index in [2.05, 4.69) is 16.8 Å². The highest BCUT2D eigenvalue weighted by Gasteiger charge is 2.13. The second kappa shape index (κ2) is 5.50. The fraction of sp³-hybridized carbons (Fsp3) is 0.600. The Labute approximate surface area is 89.2 Å². The summed E-state index contributed by atoms with van der Waals surface area (Å²) >= 11 is 0. The summed E-state index contributed by atoms with van der Waals surface area (Å²) in [6.07, 6.45) is 4.78. The van der Waals surface area contributed by atoms with E-state index >= 15 is 0 Å². The first-order valence-electron chi connectivity index (χ1n) is 5.02. The fourth-order valence-electron chi connectivity index (χ4n) is 1.30. The second-order valence-electron chi connectivity index (χ2n) is 3.42. The highest BCUT2D eigenvalue weighted by molar-refractivity contribution is 5.70. The van der Waals surface area contributed by atoms with E-state index in [4.69, 9.17) is 5.73 Å². The van der Waals surface area contributed by atoms with E-state index in [1.54, 1.807) is 6.20 Å². The Morgan fingerprint density at radius 2 is 2.47 bits per heavy atom. The summed E-state index contributed by atoms with van der Waals surface area (Å²) in [5.74, 6) is -0.300. The molecule has 0 radical (unpaired) electrons. The van der Waals surface area contributed by atoms with Crippen molar-refractivity contribution in [3.05, 3.63) is 18.0 Å². The number of methoxy groups -OCH3 is 1. The maximum atomic E-state index is 11.0. The van der Waals surface area contributed by atoms with E-state index in [9.17, 15) is 4.79 Å². The van der Waals surface area contributed by atoms with Crippen LogP contribution in [0.3, 0.4) is 0 Å². The molecular formula is C10H17N3O2. The highest BCUT2D eigenvalue weighted by Crippen LogP contribution is 2.13. The maximum absolute atomic E-state index is 11.0. The molecule has 2 N–H and O–H groups in total. The molecule has 1 rings (SSSR count). The van der Waals surface area contributed by atoms with Crippen molar-refractivity contribution in [2.75, 3.05) is 7.11 Å². The molecule has 5 nitrogen and oxygen atoms in total. The fourth-order valence-corrected chi connectivity index (χ4v) is 1.30. The smallest absolute Gasteiger partial charge is 0.307 e. The number of carbonyl (C=O) groups is 1. The van der Waals surface area contributed by atoms with Crippen molar-refractivity contribution in [1.29, 1.82) is 0 Å². The molecule has 0 aliphatic heterocycles. The molecule has 0 spiro atoms. The van der Waals surface area contributed by atoms with Crippen LogP contribution in [-0.2, 0) is 16.1 Å². The lowest BCUT2D eigenvalue weighted by atomic mass is 10.1. The summed E-state index contributed by atoms with van der Waals surface area (Å²) in [6, 6.07) is -0.331. The van der Waals surface area contributed by atoms with Gasteiger partial charge in [0.25, 0.3) is 0 Å². The van der Waals surface area contributed by atoms with Crippen molar-refractivity contribution in [2.24, 2.45) is 5.73 Å². The minimum atomic E-state index is -0.331. The third-order valence-corrected chi connectivity index (χ3v) is 2.15. The van der Waals surface area contributed by atoms with E-state index < -0.39 is 0 Å². The van der Waals surface area contributed by atoms with Gasteiger partial charge in [-0.2, -0.15) is 5.10 Å². The Kier molecular flexibility index (Phi) is 4.30. The van der Waals surface area contributed by atoms with Crippen molar-refractivity contribution in [1.82, 2.24) is 9.78 Å². The average molecular weight is 211 g/mol. The van der Waals surface area contributed by atoms with Gasteiger partial charge in [-0.25, -0.2) is 0 Å². The number of ether oxygens (including phenoxy) is 1. The van der Waals surface area contributed by atoms with Crippen molar-refractivity contribution >= 4 is 5.97 Å². The average Bonchev–Trinajstić information content (AvgIpc) is 2.67. The standard InChI is InChI=1S/C10H17N3O2/c1-3-4-13-7-8(6-12-13)9(11)5-10(14)15-2/h6-7,9H,3-5,11H2,1-2H3. The number of nitrogens with zero attached hydrogens (tertiary/aromatic N) is 2. The van der Waals surface area contributed by atoms with E-state index in [0.29, 0.717) is 0 Å².